The normalized spacial score (nSPS) is 12.4. The van der Waals surface area contributed by atoms with Crippen LogP contribution in [0.3, 0.4) is 0 Å². The van der Waals surface area contributed by atoms with Gasteiger partial charge in [-0.1, -0.05) is 6.92 Å². The van der Waals surface area contributed by atoms with E-state index < -0.39 is 5.97 Å². The van der Waals surface area contributed by atoms with Crippen molar-refractivity contribution in [2.75, 3.05) is 11.5 Å². The molecule has 0 aliphatic rings. The smallest absolute Gasteiger partial charge is 0.304 e. The molecular formula is C7H13NO3S. The first-order valence-electron chi connectivity index (χ1n) is 3.63. The zero-order valence-corrected chi connectivity index (χ0v) is 7.76. The molecule has 4 nitrogen and oxygen atoms in total. The molecule has 1 atom stereocenters. The number of thioether (sulfide) groups is 1. The third-order valence-corrected chi connectivity index (χ3v) is 2.54. The zero-order chi connectivity index (χ0) is 9.56. The van der Waals surface area contributed by atoms with Crippen LogP contribution in [0.25, 0.3) is 0 Å². The Morgan fingerprint density at radius 2 is 2.17 bits per heavy atom. The van der Waals surface area contributed by atoms with Gasteiger partial charge in [0.15, 0.2) is 0 Å². The van der Waals surface area contributed by atoms with Gasteiger partial charge < -0.3 is 10.8 Å². The number of hydrogen-bond donors (Lipinski definition) is 2. The minimum Gasteiger partial charge on any atom is -0.481 e. The van der Waals surface area contributed by atoms with Crippen LogP contribution in [0.1, 0.15) is 13.3 Å². The predicted octanol–water partition coefficient (Wildman–Crippen LogP) is 0.316. The first-order valence-corrected chi connectivity index (χ1v) is 4.78. The summed E-state index contributed by atoms with van der Waals surface area (Å²) in [4.78, 5) is 20.6. The molecule has 0 radical (unpaired) electrons. The second-order valence-electron chi connectivity index (χ2n) is 2.52. The van der Waals surface area contributed by atoms with Crippen LogP contribution in [0, 0.1) is 5.92 Å². The summed E-state index contributed by atoms with van der Waals surface area (Å²) in [6.45, 7) is 1.73. The molecule has 0 aliphatic heterocycles. The van der Waals surface area contributed by atoms with Crippen LogP contribution >= 0.6 is 11.8 Å². The average Bonchev–Trinajstić information content (AvgIpc) is 1.97. The zero-order valence-electron chi connectivity index (χ0n) is 6.95. The van der Waals surface area contributed by atoms with Gasteiger partial charge in [0, 0.05) is 17.4 Å². The lowest BCUT2D eigenvalue weighted by Crippen LogP contribution is -2.22. The van der Waals surface area contributed by atoms with Gasteiger partial charge in [-0.25, -0.2) is 0 Å². The van der Waals surface area contributed by atoms with Gasteiger partial charge >= 0.3 is 5.97 Å². The summed E-state index contributed by atoms with van der Waals surface area (Å²) in [6.07, 6.45) is 0.135. The van der Waals surface area contributed by atoms with Crippen LogP contribution in [-0.4, -0.2) is 28.5 Å². The van der Waals surface area contributed by atoms with Gasteiger partial charge in [-0.15, -0.1) is 0 Å². The molecular weight excluding hydrogens is 178 g/mol. The van der Waals surface area contributed by atoms with E-state index in [2.05, 4.69) is 0 Å². The highest BCUT2D eigenvalue weighted by atomic mass is 32.2. The van der Waals surface area contributed by atoms with E-state index in [1.54, 1.807) is 6.92 Å². The molecule has 0 saturated heterocycles. The maximum absolute atomic E-state index is 10.5. The standard InChI is InChI=1S/C7H13NO3S/c1-5(7(8)11)4-12-3-2-6(9)10/h5H,2-4H2,1H3,(H2,8,11)(H,9,10). The van der Waals surface area contributed by atoms with E-state index in [4.69, 9.17) is 10.8 Å². The number of amides is 1. The number of primary amides is 1. The van der Waals surface area contributed by atoms with Gasteiger partial charge in [0.25, 0.3) is 0 Å². The number of hydrogen-bond acceptors (Lipinski definition) is 3. The van der Waals surface area contributed by atoms with Crippen LogP contribution in [0.5, 0.6) is 0 Å². The molecule has 70 valence electrons. The quantitative estimate of drug-likeness (QED) is 0.592. The summed E-state index contributed by atoms with van der Waals surface area (Å²) in [6, 6.07) is 0. The Balaban J connectivity index is 3.31. The number of carboxylic acid groups (broad SMARTS) is 1. The van der Waals surface area contributed by atoms with Crippen molar-refractivity contribution < 1.29 is 14.7 Å². The van der Waals surface area contributed by atoms with Crippen molar-refractivity contribution in [3.63, 3.8) is 0 Å². The van der Waals surface area contributed by atoms with Gasteiger partial charge in [-0.2, -0.15) is 11.8 Å². The Kier molecular flexibility index (Phi) is 5.53. The summed E-state index contributed by atoms with van der Waals surface area (Å²) >= 11 is 1.44. The number of carboxylic acids is 1. The van der Waals surface area contributed by atoms with E-state index in [0.717, 1.165) is 0 Å². The molecule has 1 amide bonds. The highest BCUT2D eigenvalue weighted by Crippen LogP contribution is 2.08. The minimum atomic E-state index is -0.811. The highest BCUT2D eigenvalue weighted by Gasteiger charge is 2.08. The number of carbonyl (C=O) groups is 2. The molecule has 0 aliphatic carbocycles. The van der Waals surface area contributed by atoms with Gasteiger partial charge in [-0.05, 0) is 0 Å². The fourth-order valence-electron chi connectivity index (χ4n) is 0.502. The first-order chi connectivity index (χ1) is 5.54. The molecule has 1 unspecified atom stereocenters. The van der Waals surface area contributed by atoms with E-state index in [1.165, 1.54) is 11.8 Å². The molecule has 0 bridgehead atoms. The largest absolute Gasteiger partial charge is 0.481 e. The van der Waals surface area contributed by atoms with Gasteiger partial charge in [-0.3, -0.25) is 9.59 Å². The summed E-state index contributed by atoms with van der Waals surface area (Å²) in [5.41, 5.74) is 5.01. The molecule has 0 spiro atoms. The SMILES string of the molecule is CC(CSCCC(=O)O)C(N)=O. The number of carbonyl (C=O) groups excluding carboxylic acids is 1. The van der Waals surface area contributed by atoms with Gasteiger partial charge in [0.1, 0.15) is 0 Å². The molecule has 0 aromatic rings. The van der Waals surface area contributed by atoms with Crippen molar-refractivity contribution in [1.82, 2.24) is 0 Å². The lowest BCUT2D eigenvalue weighted by atomic mass is 10.2. The van der Waals surface area contributed by atoms with Crippen molar-refractivity contribution in [2.24, 2.45) is 11.7 Å². The Hall–Kier alpha value is -0.710. The third-order valence-electron chi connectivity index (χ3n) is 1.31. The Labute approximate surface area is 75.5 Å². The summed E-state index contributed by atoms with van der Waals surface area (Å²) in [5, 5.41) is 8.28. The number of nitrogens with two attached hydrogens (primary N) is 1. The van der Waals surface area contributed by atoms with Crippen molar-refractivity contribution in [1.29, 1.82) is 0 Å². The lowest BCUT2D eigenvalue weighted by molar-refractivity contribution is -0.136. The summed E-state index contributed by atoms with van der Waals surface area (Å²) < 4.78 is 0. The van der Waals surface area contributed by atoms with E-state index in [0.29, 0.717) is 11.5 Å². The molecule has 12 heavy (non-hydrogen) atoms. The van der Waals surface area contributed by atoms with Crippen molar-refractivity contribution in [3.8, 4) is 0 Å². The topological polar surface area (TPSA) is 80.4 Å². The maximum Gasteiger partial charge on any atom is 0.304 e. The number of rotatable bonds is 6. The van der Waals surface area contributed by atoms with Crippen LogP contribution in [0.4, 0.5) is 0 Å². The average molecular weight is 191 g/mol. The second-order valence-corrected chi connectivity index (χ2v) is 3.67. The first kappa shape index (κ1) is 11.3. The molecule has 0 heterocycles. The van der Waals surface area contributed by atoms with E-state index in [1.807, 2.05) is 0 Å². The van der Waals surface area contributed by atoms with Gasteiger partial charge in [0.05, 0.1) is 6.42 Å². The van der Waals surface area contributed by atoms with Crippen molar-refractivity contribution >= 4 is 23.6 Å². The van der Waals surface area contributed by atoms with E-state index >= 15 is 0 Å². The molecule has 0 rings (SSSR count). The Morgan fingerprint density at radius 1 is 1.58 bits per heavy atom. The molecule has 0 aromatic carbocycles. The van der Waals surface area contributed by atoms with E-state index in [-0.39, 0.29) is 18.2 Å². The molecule has 3 N–H and O–H groups in total. The van der Waals surface area contributed by atoms with Crippen LogP contribution in [-0.2, 0) is 9.59 Å². The fourth-order valence-corrected chi connectivity index (χ4v) is 1.51. The molecule has 0 aromatic heterocycles. The van der Waals surface area contributed by atoms with Gasteiger partial charge in [0.2, 0.25) is 5.91 Å². The highest BCUT2D eigenvalue weighted by molar-refractivity contribution is 7.99. The van der Waals surface area contributed by atoms with Crippen molar-refractivity contribution in [2.45, 2.75) is 13.3 Å². The predicted molar refractivity (Wildman–Crippen MR) is 47.9 cm³/mol. The van der Waals surface area contributed by atoms with Crippen LogP contribution < -0.4 is 5.73 Å². The molecule has 0 fully saturated rings. The molecule has 5 heteroatoms. The minimum absolute atomic E-state index is 0.135. The monoisotopic (exact) mass is 191 g/mol. The Bertz CT molecular complexity index is 172. The van der Waals surface area contributed by atoms with Crippen LogP contribution in [0.2, 0.25) is 0 Å². The Morgan fingerprint density at radius 3 is 2.58 bits per heavy atom. The fraction of sp³-hybridized carbons (Fsp3) is 0.714. The second kappa shape index (κ2) is 5.88. The maximum atomic E-state index is 10.5. The van der Waals surface area contributed by atoms with Crippen LogP contribution in [0.15, 0.2) is 0 Å². The lowest BCUT2D eigenvalue weighted by Gasteiger charge is -2.04. The summed E-state index contributed by atoms with van der Waals surface area (Å²) in [7, 11) is 0. The van der Waals surface area contributed by atoms with E-state index in [9.17, 15) is 9.59 Å². The summed E-state index contributed by atoms with van der Waals surface area (Å²) in [5.74, 6) is -0.189. The van der Waals surface area contributed by atoms with Crippen molar-refractivity contribution in [3.05, 3.63) is 0 Å². The third kappa shape index (κ3) is 6.03. The molecule has 0 saturated carbocycles. The number of aliphatic carboxylic acids is 1.